The van der Waals surface area contributed by atoms with Gasteiger partial charge in [-0.1, -0.05) is 12.2 Å². The Morgan fingerprint density at radius 1 is 1.39 bits per heavy atom. The fourth-order valence-electron chi connectivity index (χ4n) is 1.76. The van der Waals surface area contributed by atoms with Crippen molar-refractivity contribution in [3.63, 3.8) is 0 Å². The molecule has 1 aromatic heterocycles. The van der Waals surface area contributed by atoms with Gasteiger partial charge in [-0.3, -0.25) is 0 Å². The highest BCUT2D eigenvalue weighted by molar-refractivity contribution is 7.80. The van der Waals surface area contributed by atoms with E-state index in [0.29, 0.717) is 11.6 Å². The van der Waals surface area contributed by atoms with Gasteiger partial charge in [-0.15, -0.1) is 0 Å². The quantitative estimate of drug-likeness (QED) is 0.857. The number of rotatable bonds is 4. The minimum atomic E-state index is 0.365. The number of thiocarbonyl (C=S) groups is 1. The number of nitrogens with zero attached hydrogens (tertiary/aromatic N) is 2. The lowest BCUT2D eigenvalue weighted by Crippen LogP contribution is -2.10. The van der Waals surface area contributed by atoms with Crippen LogP contribution in [0.5, 0.6) is 5.75 Å². The van der Waals surface area contributed by atoms with Crippen LogP contribution in [-0.4, -0.2) is 21.4 Å². The molecular weight excluding hydrogens is 246 g/mol. The molecule has 0 saturated heterocycles. The zero-order valence-electron chi connectivity index (χ0n) is 10.4. The lowest BCUT2D eigenvalue weighted by atomic mass is 10.2. The number of hydrogen-bond donors (Lipinski definition) is 1. The second-order valence-corrected chi connectivity index (χ2v) is 4.29. The number of hydrogen-bond acceptors (Lipinski definition) is 3. The van der Waals surface area contributed by atoms with E-state index in [1.165, 1.54) is 0 Å². The third-order valence-electron chi connectivity index (χ3n) is 2.67. The molecule has 18 heavy (non-hydrogen) atoms. The molecule has 0 aliphatic carbocycles. The van der Waals surface area contributed by atoms with Crippen molar-refractivity contribution < 1.29 is 4.74 Å². The smallest absolute Gasteiger partial charge is 0.119 e. The van der Waals surface area contributed by atoms with E-state index in [1.54, 1.807) is 6.20 Å². The van der Waals surface area contributed by atoms with Crippen molar-refractivity contribution in [1.82, 2.24) is 9.78 Å². The number of ether oxygens (including phenoxy) is 1. The van der Waals surface area contributed by atoms with Crippen LogP contribution in [0.1, 0.15) is 18.2 Å². The van der Waals surface area contributed by atoms with Gasteiger partial charge in [0.05, 0.1) is 29.7 Å². The van der Waals surface area contributed by atoms with E-state index in [1.807, 2.05) is 42.8 Å². The summed E-state index contributed by atoms with van der Waals surface area (Å²) >= 11 is 4.97. The first-order chi connectivity index (χ1) is 8.63. The Balaban J connectivity index is 2.34. The molecule has 0 bridgehead atoms. The number of nitrogens with two attached hydrogens (primary N) is 1. The highest BCUT2D eigenvalue weighted by Crippen LogP contribution is 2.18. The van der Waals surface area contributed by atoms with Crippen LogP contribution < -0.4 is 10.5 Å². The second-order valence-electron chi connectivity index (χ2n) is 3.85. The molecule has 0 spiro atoms. The summed E-state index contributed by atoms with van der Waals surface area (Å²) < 4.78 is 7.21. The molecule has 2 N–H and O–H groups in total. The van der Waals surface area contributed by atoms with E-state index >= 15 is 0 Å². The lowest BCUT2D eigenvalue weighted by Gasteiger charge is -2.07. The van der Waals surface area contributed by atoms with Crippen LogP contribution >= 0.6 is 12.2 Å². The van der Waals surface area contributed by atoms with E-state index in [2.05, 4.69) is 5.10 Å². The molecule has 0 amide bonds. The van der Waals surface area contributed by atoms with Gasteiger partial charge in [0.25, 0.3) is 0 Å². The normalized spacial score (nSPS) is 10.3. The molecule has 0 fully saturated rings. The Hall–Kier alpha value is -1.88. The Morgan fingerprint density at radius 2 is 2.06 bits per heavy atom. The largest absolute Gasteiger partial charge is 0.494 e. The van der Waals surface area contributed by atoms with Crippen LogP contribution in [0.15, 0.2) is 30.5 Å². The van der Waals surface area contributed by atoms with E-state index < -0.39 is 0 Å². The summed E-state index contributed by atoms with van der Waals surface area (Å²) in [5.41, 5.74) is 8.33. The fourth-order valence-corrected chi connectivity index (χ4v) is 1.96. The number of aromatic nitrogens is 2. The highest BCUT2D eigenvalue weighted by atomic mass is 32.1. The maximum Gasteiger partial charge on any atom is 0.119 e. The molecular formula is C13H15N3OS. The monoisotopic (exact) mass is 261 g/mol. The molecule has 0 aliphatic rings. The van der Waals surface area contributed by atoms with Crippen LogP contribution in [0.2, 0.25) is 0 Å². The molecule has 2 aromatic rings. The molecule has 4 nitrogen and oxygen atoms in total. The van der Waals surface area contributed by atoms with Crippen LogP contribution in [0.3, 0.4) is 0 Å². The first-order valence-electron chi connectivity index (χ1n) is 5.71. The van der Waals surface area contributed by atoms with Gasteiger partial charge >= 0.3 is 0 Å². The predicted molar refractivity (Wildman–Crippen MR) is 75.4 cm³/mol. The van der Waals surface area contributed by atoms with Gasteiger partial charge in [-0.05, 0) is 38.1 Å². The molecule has 1 aromatic carbocycles. The summed E-state index contributed by atoms with van der Waals surface area (Å²) in [6, 6.07) is 7.74. The Morgan fingerprint density at radius 3 is 2.56 bits per heavy atom. The zero-order chi connectivity index (χ0) is 13.1. The predicted octanol–water partition coefficient (Wildman–Crippen LogP) is 2.21. The fraction of sp³-hybridized carbons (Fsp3) is 0.231. The SMILES string of the molecule is CCOc1ccc(-n2ncc(C(N)=S)c2C)cc1. The van der Waals surface area contributed by atoms with Gasteiger partial charge in [0.2, 0.25) is 0 Å². The van der Waals surface area contributed by atoms with Crippen molar-refractivity contribution in [3.05, 3.63) is 41.7 Å². The molecule has 0 radical (unpaired) electrons. The lowest BCUT2D eigenvalue weighted by molar-refractivity contribution is 0.340. The average Bonchev–Trinajstić information content (AvgIpc) is 2.73. The Bertz CT molecular complexity index is 560. The maximum absolute atomic E-state index is 5.63. The molecule has 0 saturated carbocycles. The van der Waals surface area contributed by atoms with E-state index in [0.717, 1.165) is 22.7 Å². The molecule has 94 valence electrons. The third kappa shape index (κ3) is 2.36. The van der Waals surface area contributed by atoms with Crippen molar-refractivity contribution in [2.24, 2.45) is 5.73 Å². The van der Waals surface area contributed by atoms with Crippen molar-refractivity contribution >= 4 is 17.2 Å². The summed E-state index contributed by atoms with van der Waals surface area (Å²) in [5, 5.41) is 4.29. The third-order valence-corrected chi connectivity index (χ3v) is 2.89. The maximum atomic E-state index is 5.63. The summed E-state index contributed by atoms with van der Waals surface area (Å²) in [4.78, 5) is 0.365. The van der Waals surface area contributed by atoms with Crippen LogP contribution in [-0.2, 0) is 0 Å². The molecule has 2 rings (SSSR count). The number of benzene rings is 1. The van der Waals surface area contributed by atoms with Crippen LogP contribution in [0, 0.1) is 6.92 Å². The van der Waals surface area contributed by atoms with Gasteiger partial charge in [0.1, 0.15) is 10.7 Å². The first-order valence-corrected chi connectivity index (χ1v) is 6.12. The minimum absolute atomic E-state index is 0.365. The van der Waals surface area contributed by atoms with Gasteiger partial charge in [0.15, 0.2) is 0 Å². The second kappa shape index (κ2) is 5.18. The summed E-state index contributed by atoms with van der Waals surface area (Å²) in [5.74, 6) is 0.848. The van der Waals surface area contributed by atoms with E-state index in [4.69, 9.17) is 22.7 Å². The van der Waals surface area contributed by atoms with Gasteiger partial charge in [-0.2, -0.15) is 5.10 Å². The zero-order valence-corrected chi connectivity index (χ0v) is 11.2. The Kier molecular flexibility index (Phi) is 3.62. The van der Waals surface area contributed by atoms with Gasteiger partial charge in [-0.25, -0.2) is 4.68 Å². The first kappa shape index (κ1) is 12.6. The molecule has 1 heterocycles. The van der Waals surface area contributed by atoms with E-state index in [9.17, 15) is 0 Å². The van der Waals surface area contributed by atoms with Gasteiger partial charge < -0.3 is 10.5 Å². The van der Waals surface area contributed by atoms with E-state index in [-0.39, 0.29) is 0 Å². The average molecular weight is 261 g/mol. The van der Waals surface area contributed by atoms with Crippen LogP contribution in [0.4, 0.5) is 0 Å². The highest BCUT2D eigenvalue weighted by Gasteiger charge is 2.09. The summed E-state index contributed by atoms with van der Waals surface area (Å²) in [6.45, 7) is 4.56. The van der Waals surface area contributed by atoms with Crippen molar-refractivity contribution in [3.8, 4) is 11.4 Å². The van der Waals surface area contributed by atoms with Crippen molar-refractivity contribution in [2.45, 2.75) is 13.8 Å². The van der Waals surface area contributed by atoms with Gasteiger partial charge in [0, 0.05) is 0 Å². The minimum Gasteiger partial charge on any atom is -0.494 e. The van der Waals surface area contributed by atoms with Crippen molar-refractivity contribution in [1.29, 1.82) is 0 Å². The molecule has 0 unspecified atom stereocenters. The van der Waals surface area contributed by atoms with Crippen LogP contribution in [0.25, 0.3) is 5.69 Å². The standard InChI is InChI=1S/C13H15N3OS/c1-3-17-11-6-4-10(5-7-11)16-9(2)12(8-15-16)13(14)18/h4-8H,3H2,1-2H3,(H2,14,18). The van der Waals surface area contributed by atoms with Crippen molar-refractivity contribution in [2.75, 3.05) is 6.61 Å². The summed E-state index contributed by atoms with van der Waals surface area (Å²) in [7, 11) is 0. The Labute approximate surface area is 111 Å². The molecule has 5 heteroatoms. The summed E-state index contributed by atoms with van der Waals surface area (Å²) in [6.07, 6.45) is 1.69. The molecule has 0 aliphatic heterocycles. The molecule has 0 atom stereocenters. The topological polar surface area (TPSA) is 53.1 Å².